The van der Waals surface area contributed by atoms with Crippen LogP contribution < -0.4 is 0 Å². The van der Waals surface area contributed by atoms with E-state index in [1.165, 1.54) is 96.9 Å². The van der Waals surface area contributed by atoms with E-state index in [4.69, 9.17) is 9.72 Å². The number of benzene rings is 4. The average molecular weight is 584 g/mol. The molecule has 1 heterocycles. The number of rotatable bonds is 14. The first-order valence-corrected chi connectivity index (χ1v) is 16.3. The number of aromatic nitrogens is 1. The number of carbonyl (C=O) groups is 1. The summed E-state index contributed by atoms with van der Waals surface area (Å²) in [6.45, 7) is 7.61. The molecule has 0 aliphatic rings. The lowest BCUT2D eigenvalue weighted by Gasteiger charge is -2.14. The second kappa shape index (κ2) is 15.0. The number of ketones is 1. The Balaban J connectivity index is 1.41. The molecule has 5 rings (SSSR count). The molecule has 1 aromatic heterocycles. The van der Waals surface area contributed by atoms with Gasteiger partial charge in [-0.25, -0.2) is 0 Å². The Labute approximate surface area is 262 Å². The van der Waals surface area contributed by atoms with Crippen LogP contribution in [0.15, 0.2) is 97.1 Å². The van der Waals surface area contributed by atoms with E-state index < -0.39 is 0 Å². The maximum absolute atomic E-state index is 11.4. The molecule has 0 spiro atoms. The Bertz CT molecular complexity index is 1830. The fourth-order valence-corrected chi connectivity index (χ4v) is 6.29. The Hall–Kier alpha value is -4.24. The monoisotopic (exact) mass is 583 g/mol. The summed E-state index contributed by atoms with van der Waals surface area (Å²) in [5, 5.41) is 7.45. The third kappa shape index (κ3) is 7.45. The topological polar surface area (TPSA) is 39.2 Å². The SMILES string of the molecule is CCCCCCCCCCc1ccc2c(ccc3c4ccnc(-c5ccccc5/C(C)=C/O/C(C)=C\C(C)=O)c4ccc23)c1. The summed E-state index contributed by atoms with van der Waals surface area (Å²) in [5.74, 6) is 0.532. The van der Waals surface area contributed by atoms with E-state index in [0.717, 1.165) is 34.2 Å². The molecule has 0 fully saturated rings. The van der Waals surface area contributed by atoms with Gasteiger partial charge in [0.2, 0.25) is 0 Å². The summed E-state index contributed by atoms with van der Waals surface area (Å²) in [6.07, 6.45) is 17.1. The summed E-state index contributed by atoms with van der Waals surface area (Å²) in [6, 6.07) is 26.5. The molecule has 0 aliphatic carbocycles. The van der Waals surface area contributed by atoms with Crippen molar-refractivity contribution in [2.24, 2.45) is 0 Å². The van der Waals surface area contributed by atoms with Crippen LogP contribution in [-0.4, -0.2) is 10.8 Å². The lowest BCUT2D eigenvalue weighted by Crippen LogP contribution is -1.93. The van der Waals surface area contributed by atoms with Crippen LogP contribution in [0.25, 0.3) is 49.1 Å². The molecule has 0 N–H and O–H groups in total. The quantitative estimate of drug-likeness (QED) is 0.0565. The van der Waals surface area contributed by atoms with Gasteiger partial charge in [0.15, 0.2) is 5.78 Å². The van der Waals surface area contributed by atoms with Crippen LogP contribution in [-0.2, 0) is 16.0 Å². The first-order valence-electron chi connectivity index (χ1n) is 16.3. The molecule has 0 amide bonds. The zero-order chi connectivity index (χ0) is 30.9. The summed E-state index contributed by atoms with van der Waals surface area (Å²) in [5.41, 5.74) is 5.45. The first kappa shape index (κ1) is 31.2. The van der Waals surface area contributed by atoms with Gasteiger partial charge in [-0.05, 0) is 83.3 Å². The van der Waals surface area contributed by atoms with Gasteiger partial charge >= 0.3 is 0 Å². The number of aryl methyl sites for hydroxylation is 1. The van der Waals surface area contributed by atoms with Gasteiger partial charge in [-0.2, -0.15) is 0 Å². The molecular formula is C41H45NO2. The van der Waals surface area contributed by atoms with E-state index in [-0.39, 0.29) is 5.78 Å². The smallest absolute Gasteiger partial charge is 0.155 e. The van der Waals surface area contributed by atoms with Gasteiger partial charge in [0.05, 0.1) is 12.0 Å². The van der Waals surface area contributed by atoms with E-state index in [9.17, 15) is 4.79 Å². The molecule has 5 aromatic rings. The van der Waals surface area contributed by atoms with Crippen LogP contribution in [0.2, 0.25) is 0 Å². The molecule has 0 atom stereocenters. The third-order valence-corrected chi connectivity index (χ3v) is 8.58. The fourth-order valence-electron chi connectivity index (χ4n) is 6.29. The van der Waals surface area contributed by atoms with Crippen molar-refractivity contribution in [2.45, 2.75) is 85.5 Å². The van der Waals surface area contributed by atoms with Crippen LogP contribution in [0.5, 0.6) is 0 Å². The van der Waals surface area contributed by atoms with Crippen LogP contribution in [0.4, 0.5) is 0 Å². The number of hydrogen-bond donors (Lipinski definition) is 0. The van der Waals surface area contributed by atoms with Crippen molar-refractivity contribution in [3.05, 3.63) is 108 Å². The number of fused-ring (bicyclic) bond motifs is 5. The van der Waals surface area contributed by atoms with Crippen LogP contribution >= 0.6 is 0 Å². The van der Waals surface area contributed by atoms with Gasteiger partial charge in [0.25, 0.3) is 0 Å². The van der Waals surface area contributed by atoms with Crippen LogP contribution in [0.1, 0.15) is 90.2 Å². The third-order valence-electron chi connectivity index (χ3n) is 8.58. The highest BCUT2D eigenvalue weighted by atomic mass is 16.5. The minimum absolute atomic E-state index is 0.0341. The molecule has 4 aromatic carbocycles. The van der Waals surface area contributed by atoms with Crippen molar-refractivity contribution in [1.82, 2.24) is 4.98 Å². The highest BCUT2D eigenvalue weighted by Gasteiger charge is 2.14. The van der Waals surface area contributed by atoms with Gasteiger partial charge in [-0.3, -0.25) is 9.78 Å². The number of unbranched alkanes of at least 4 members (excludes halogenated alkanes) is 7. The predicted octanol–water partition coefficient (Wildman–Crippen LogP) is 11.8. The van der Waals surface area contributed by atoms with Gasteiger partial charge in [0.1, 0.15) is 5.76 Å². The molecule has 3 nitrogen and oxygen atoms in total. The van der Waals surface area contributed by atoms with Crippen molar-refractivity contribution in [1.29, 1.82) is 0 Å². The Kier molecular flexibility index (Phi) is 10.6. The average Bonchev–Trinajstić information content (AvgIpc) is 3.03. The van der Waals surface area contributed by atoms with Crippen LogP contribution in [0.3, 0.4) is 0 Å². The highest BCUT2D eigenvalue weighted by Crippen LogP contribution is 2.37. The van der Waals surface area contributed by atoms with Gasteiger partial charge in [-0.1, -0.05) is 119 Å². The van der Waals surface area contributed by atoms with Gasteiger partial charge in [-0.15, -0.1) is 0 Å². The zero-order valence-electron chi connectivity index (χ0n) is 26.8. The minimum Gasteiger partial charge on any atom is -0.469 e. The lowest BCUT2D eigenvalue weighted by atomic mass is 9.92. The van der Waals surface area contributed by atoms with Crippen molar-refractivity contribution in [3.63, 3.8) is 0 Å². The van der Waals surface area contributed by atoms with E-state index in [2.05, 4.69) is 67.6 Å². The Morgan fingerprint density at radius 1 is 0.727 bits per heavy atom. The summed E-state index contributed by atoms with van der Waals surface area (Å²) in [7, 11) is 0. The van der Waals surface area contributed by atoms with Crippen molar-refractivity contribution >= 4 is 43.7 Å². The maximum Gasteiger partial charge on any atom is 0.155 e. The second-order valence-electron chi connectivity index (χ2n) is 12.1. The molecular weight excluding hydrogens is 538 g/mol. The molecule has 44 heavy (non-hydrogen) atoms. The zero-order valence-corrected chi connectivity index (χ0v) is 26.8. The molecule has 0 aliphatic heterocycles. The molecule has 0 saturated carbocycles. The fraction of sp³-hybridized carbons (Fsp3) is 0.317. The second-order valence-corrected chi connectivity index (χ2v) is 12.1. The number of carbonyl (C=O) groups excluding carboxylic acids is 1. The molecule has 226 valence electrons. The number of ether oxygens (including phenoxy) is 1. The lowest BCUT2D eigenvalue weighted by molar-refractivity contribution is -0.112. The largest absolute Gasteiger partial charge is 0.469 e. The minimum atomic E-state index is -0.0341. The van der Waals surface area contributed by atoms with E-state index in [0.29, 0.717) is 5.76 Å². The number of allylic oxidation sites excluding steroid dienone is 3. The molecule has 3 heteroatoms. The molecule has 0 unspecified atom stereocenters. The standard InChI is InChI=1S/C41H45NO2/c1-5-6-7-8-9-10-11-12-15-32-18-20-35-33(27-32)19-21-37-36(35)22-23-40-38(37)24-25-42-41(40)39-17-14-13-16-34(39)29(2)28-44-31(4)26-30(3)43/h13-14,16-28H,5-12,15H2,1-4H3/b29-28+,31-26-. The van der Waals surface area contributed by atoms with Gasteiger partial charge < -0.3 is 4.74 Å². The number of pyridine rings is 1. The van der Waals surface area contributed by atoms with Crippen molar-refractivity contribution in [2.75, 3.05) is 0 Å². The maximum atomic E-state index is 11.4. The predicted molar refractivity (Wildman–Crippen MR) is 188 cm³/mol. The van der Waals surface area contributed by atoms with Crippen molar-refractivity contribution in [3.8, 4) is 11.3 Å². The van der Waals surface area contributed by atoms with Crippen molar-refractivity contribution < 1.29 is 9.53 Å². The Morgan fingerprint density at radius 2 is 1.39 bits per heavy atom. The number of nitrogens with zero attached hydrogens (tertiary/aromatic N) is 1. The normalized spacial score (nSPS) is 12.4. The van der Waals surface area contributed by atoms with E-state index in [1.54, 1.807) is 13.2 Å². The molecule has 0 bridgehead atoms. The Morgan fingerprint density at radius 3 is 2.18 bits per heavy atom. The first-order chi connectivity index (χ1) is 21.5. The summed E-state index contributed by atoms with van der Waals surface area (Å²) < 4.78 is 5.76. The van der Waals surface area contributed by atoms with E-state index >= 15 is 0 Å². The summed E-state index contributed by atoms with van der Waals surface area (Å²) in [4.78, 5) is 16.3. The van der Waals surface area contributed by atoms with Crippen LogP contribution in [0, 0.1) is 0 Å². The molecule has 0 radical (unpaired) electrons. The van der Waals surface area contributed by atoms with Gasteiger partial charge in [0, 0.05) is 23.2 Å². The molecule has 0 saturated heterocycles. The number of hydrogen-bond acceptors (Lipinski definition) is 3. The highest BCUT2D eigenvalue weighted by molar-refractivity contribution is 6.19. The summed E-state index contributed by atoms with van der Waals surface area (Å²) >= 11 is 0. The van der Waals surface area contributed by atoms with E-state index in [1.807, 2.05) is 25.3 Å².